The summed E-state index contributed by atoms with van der Waals surface area (Å²) in [5.41, 5.74) is 3.74. The average molecular weight is 557 g/mol. The van der Waals surface area contributed by atoms with E-state index in [0.29, 0.717) is 28.5 Å². The van der Waals surface area contributed by atoms with Gasteiger partial charge in [0.2, 0.25) is 0 Å². The number of ether oxygens (including phenoxy) is 1. The van der Waals surface area contributed by atoms with Crippen LogP contribution < -0.4 is 9.46 Å². The first-order chi connectivity index (χ1) is 17.8. The average Bonchev–Trinajstić information content (AvgIpc) is 3.20. The molecule has 0 atom stereocenters. The summed E-state index contributed by atoms with van der Waals surface area (Å²) in [7, 11) is -4.25. The first-order valence-electron chi connectivity index (χ1n) is 12.1. The molecule has 9 heteroatoms. The number of aromatic nitrogens is 1. The third kappa shape index (κ3) is 6.39. The fourth-order valence-electron chi connectivity index (χ4n) is 4.00. The highest BCUT2D eigenvalue weighted by molar-refractivity contribution is 7.93. The lowest BCUT2D eigenvalue weighted by atomic mass is 9.93. The minimum Gasteiger partial charge on any atom is -0.493 e. The monoisotopic (exact) mass is 556 g/mol. The molecule has 0 bridgehead atoms. The topological polar surface area (TPSA) is 68.3 Å². The molecule has 4 aromatic rings. The number of hydrogen-bond donors (Lipinski definition) is 1. The van der Waals surface area contributed by atoms with Gasteiger partial charge in [-0.25, -0.2) is 22.2 Å². The third-order valence-corrected chi connectivity index (χ3v) is 8.47. The minimum atomic E-state index is -4.25. The normalized spacial score (nSPS) is 12.0. The second kappa shape index (κ2) is 10.8. The van der Waals surface area contributed by atoms with Gasteiger partial charge in [0.15, 0.2) is 5.13 Å². The first-order valence-corrected chi connectivity index (χ1v) is 14.4. The highest BCUT2D eigenvalue weighted by Crippen LogP contribution is 2.43. The minimum absolute atomic E-state index is 0.0420. The van der Waals surface area contributed by atoms with Crippen molar-refractivity contribution >= 4 is 26.5 Å². The van der Waals surface area contributed by atoms with Crippen molar-refractivity contribution in [1.29, 1.82) is 0 Å². The van der Waals surface area contributed by atoms with Crippen molar-refractivity contribution in [2.75, 3.05) is 11.3 Å². The molecule has 0 saturated heterocycles. The summed E-state index contributed by atoms with van der Waals surface area (Å²) in [6, 6.07) is 15.3. The Morgan fingerprint density at radius 2 is 1.66 bits per heavy atom. The van der Waals surface area contributed by atoms with E-state index < -0.39 is 26.6 Å². The van der Waals surface area contributed by atoms with Gasteiger partial charge in [0.25, 0.3) is 10.0 Å². The van der Waals surface area contributed by atoms with Gasteiger partial charge in [-0.15, -0.1) is 0 Å². The van der Waals surface area contributed by atoms with Crippen LogP contribution in [0.3, 0.4) is 0 Å². The van der Waals surface area contributed by atoms with Crippen molar-refractivity contribution in [3.05, 3.63) is 83.4 Å². The molecule has 0 radical (unpaired) electrons. The van der Waals surface area contributed by atoms with E-state index in [0.717, 1.165) is 40.5 Å². The quantitative estimate of drug-likeness (QED) is 0.239. The summed E-state index contributed by atoms with van der Waals surface area (Å²) in [4.78, 5) is 4.70. The van der Waals surface area contributed by atoms with Crippen molar-refractivity contribution in [2.24, 2.45) is 5.41 Å². The molecule has 38 heavy (non-hydrogen) atoms. The Balaban J connectivity index is 1.80. The van der Waals surface area contributed by atoms with E-state index >= 15 is 0 Å². The standard InChI is InChI=1S/C29H30F2N2O3S2/c1-18-9-8-10-19(2)25(18)26-27(20-15-21(30)17-22(16-20)36-14-13-29(3,4)5)37-28(32-26)33-38(34,35)24-12-7-6-11-23(24)31/h6-12,15-17H,13-14H2,1-5H3,(H,32,33). The first kappa shape index (κ1) is 27.7. The summed E-state index contributed by atoms with van der Waals surface area (Å²) in [5, 5.41) is 0.0420. The van der Waals surface area contributed by atoms with E-state index in [1.807, 2.05) is 32.0 Å². The van der Waals surface area contributed by atoms with E-state index in [1.165, 1.54) is 30.3 Å². The van der Waals surface area contributed by atoms with Gasteiger partial charge < -0.3 is 4.74 Å². The smallest absolute Gasteiger partial charge is 0.266 e. The Kier molecular flexibility index (Phi) is 7.90. The van der Waals surface area contributed by atoms with E-state index in [9.17, 15) is 17.2 Å². The number of thiazole rings is 1. The number of halogens is 2. The largest absolute Gasteiger partial charge is 0.493 e. The van der Waals surface area contributed by atoms with Crippen molar-refractivity contribution in [1.82, 2.24) is 4.98 Å². The Hall–Kier alpha value is -3.30. The molecule has 0 amide bonds. The van der Waals surface area contributed by atoms with Crippen LogP contribution in [0.2, 0.25) is 0 Å². The number of sulfonamides is 1. The van der Waals surface area contributed by atoms with Crippen LogP contribution in [0, 0.1) is 30.9 Å². The van der Waals surface area contributed by atoms with Gasteiger partial charge in [0, 0.05) is 17.2 Å². The number of benzene rings is 3. The van der Waals surface area contributed by atoms with Gasteiger partial charge in [-0.2, -0.15) is 0 Å². The Labute approximate surface area is 226 Å². The lowest BCUT2D eigenvalue weighted by Gasteiger charge is -2.18. The molecule has 0 aliphatic heterocycles. The summed E-state index contributed by atoms with van der Waals surface area (Å²) in [5.74, 6) is -0.977. The van der Waals surface area contributed by atoms with Gasteiger partial charge in [-0.1, -0.05) is 62.4 Å². The molecule has 4 rings (SSSR count). The zero-order chi connectivity index (χ0) is 27.7. The molecular formula is C29H30F2N2O3S2. The lowest BCUT2D eigenvalue weighted by Crippen LogP contribution is -2.14. The maximum atomic E-state index is 14.8. The molecule has 1 heterocycles. The SMILES string of the molecule is Cc1cccc(C)c1-c1nc(NS(=O)(=O)c2ccccc2F)sc1-c1cc(F)cc(OCCC(C)(C)C)c1. The molecule has 0 fully saturated rings. The Morgan fingerprint density at radius 3 is 2.32 bits per heavy atom. The van der Waals surface area contributed by atoms with Crippen molar-refractivity contribution in [2.45, 2.75) is 45.9 Å². The predicted octanol–water partition coefficient (Wildman–Crippen LogP) is 7.99. The number of aryl methyl sites for hydroxylation is 2. The molecule has 0 spiro atoms. The van der Waals surface area contributed by atoms with Gasteiger partial charge in [0.05, 0.1) is 17.2 Å². The zero-order valence-electron chi connectivity index (χ0n) is 21.9. The van der Waals surface area contributed by atoms with Crippen molar-refractivity contribution in [3.8, 4) is 27.4 Å². The van der Waals surface area contributed by atoms with Crippen LogP contribution in [-0.2, 0) is 10.0 Å². The molecule has 5 nitrogen and oxygen atoms in total. The number of rotatable bonds is 8. The van der Waals surface area contributed by atoms with Crippen LogP contribution in [0.5, 0.6) is 5.75 Å². The number of anilines is 1. The number of hydrogen-bond acceptors (Lipinski definition) is 5. The molecule has 0 unspecified atom stereocenters. The molecular weight excluding hydrogens is 526 g/mol. The second-order valence-corrected chi connectivity index (χ2v) is 13.0. The fraction of sp³-hybridized carbons (Fsp3) is 0.276. The lowest BCUT2D eigenvalue weighted by molar-refractivity contribution is 0.242. The molecule has 200 valence electrons. The van der Waals surface area contributed by atoms with Gasteiger partial charge >= 0.3 is 0 Å². The van der Waals surface area contributed by atoms with Crippen LogP contribution in [0.15, 0.2) is 65.6 Å². The molecule has 3 aromatic carbocycles. The number of nitrogens with one attached hydrogen (secondary N) is 1. The van der Waals surface area contributed by atoms with Crippen molar-refractivity contribution < 1.29 is 21.9 Å². The highest BCUT2D eigenvalue weighted by atomic mass is 32.2. The second-order valence-electron chi connectivity index (χ2n) is 10.3. The van der Waals surface area contributed by atoms with Crippen LogP contribution in [0.4, 0.5) is 13.9 Å². The maximum Gasteiger partial charge on any atom is 0.266 e. The zero-order valence-corrected chi connectivity index (χ0v) is 23.6. The van der Waals surface area contributed by atoms with E-state index in [-0.39, 0.29) is 10.5 Å². The van der Waals surface area contributed by atoms with Crippen LogP contribution in [-0.4, -0.2) is 20.0 Å². The summed E-state index contributed by atoms with van der Waals surface area (Å²) >= 11 is 1.05. The van der Waals surface area contributed by atoms with Crippen LogP contribution in [0.1, 0.15) is 38.3 Å². The highest BCUT2D eigenvalue weighted by Gasteiger charge is 2.24. The Morgan fingerprint density at radius 1 is 0.974 bits per heavy atom. The summed E-state index contributed by atoms with van der Waals surface area (Å²) in [6.45, 7) is 10.6. The van der Waals surface area contributed by atoms with Gasteiger partial charge in [-0.05, 0) is 61.1 Å². The molecule has 0 aliphatic rings. The number of nitrogens with zero attached hydrogens (tertiary/aromatic N) is 1. The van der Waals surface area contributed by atoms with Crippen LogP contribution >= 0.6 is 11.3 Å². The molecule has 1 N–H and O–H groups in total. The van der Waals surface area contributed by atoms with Crippen molar-refractivity contribution in [3.63, 3.8) is 0 Å². The molecule has 0 saturated carbocycles. The van der Waals surface area contributed by atoms with Crippen LogP contribution in [0.25, 0.3) is 21.7 Å². The van der Waals surface area contributed by atoms with Gasteiger partial charge in [0.1, 0.15) is 22.3 Å². The Bertz CT molecular complexity index is 1550. The maximum absolute atomic E-state index is 14.8. The van der Waals surface area contributed by atoms with E-state index in [2.05, 4.69) is 30.5 Å². The third-order valence-electron chi connectivity index (χ3n) is 5.95. The van der Waals surface area contributed by atoms with E-state index in [1.54, 1.807) is 6.07 Å². The predicted molar refractivity (Wildman–Crippen MR) is 149 cm³/mol. The molecule has 0 aliphatic carbocycles. The fourth-order valence-corrected chi connectivity index (χ4v) is 6.28. The summed E-state index contributed by atoms with van der Waals surface area (Å²) < 4.78 is 63.3. The van der Waals surface area contributed by atoms with Gasteiger partial charge in [-0.3, -0.25) is 4.72 Å². The van der Waals surface area contributed by atoms with E-state index in [4.69, 9.17) is 4.74 Å². The molecule has 1 aromatic heterocycles. The summed E-state index contributed by atoms with van der Waals surface area (Å²) in [6.07, 6.45) is 0.787.